The molecule has 16 heavy (non-hydrogen) atoms. The highest BCUT2D eigenvalue weighted by molar-refractivity contribution is 5.72. The third-order valence-electron chi connectivity index (χ3n) is 3.63. The fourth-order valence-electron chi connectivity index (χ4n) is 2.81. The summed E-state index contributed by atoms with van der Waals surface area (Å²) in [5, 5.41) is 0. The van der Waals surface area contributed by atoms with E-state index in [1.165, 1.54) is 0 Å². The van der Waals surface area contributed by atoms with Crippen LogP contribution in [-0.2, 0) is 4.74 Å². The van der Waals surface area contributed by atoms with Crippen molar-refractivity contribution < 1.29 is 9.53 Å². The lowest BCUT2D eigenvalue weighted by molar-refractivity contribution is 0.124. The zero-order valence-electron chi connectivity index (χ0n) is 9.30. The molecule has 2 saturated heterocycles. The second-order valence-corrected chi connectivity index (χ2v) is 4.62. The van der Waals surface area contributed by atoms with Crippen molar-refractivity contribution in [2.45, 2.75) is 38.0 Å². The van der Waals surface area contributed by atoms with Gasteiger partial charge in [-0.15, -0.1) is 0 Å². The number of amides is 1. The lowest BCUT2D eigenvalue weighted by Gasteiger charge is -2.18. The van der Waals surface area contributed by atoms with E-state index in [2.05, 4.69) is 6.92 Å². The van der Waals surface area contributed by atoms with Gasteiger partial charge in [0, 0.05) is 6.04 Å². The minimum Gasteiger partial charge on any atom is -0.439 e. The van der Waals surface area contributed by atoms with Gasteiger partial charge < -0.3 is 4.74 Å². The van der Waals surface area contributed by atoms with Crippen molar-refractivity contribution in [1.29, 1.82) is 0 Å². The highest BCUT2D eigenvalue weighted by Gasteiger charge is 2.48. The Balaban J connectivity index is 1.92. The van der Waals surface area contributed by atoms with Gasteiger partial charge in [0.05, 0.1) is 6.04 Å². The molecule has 2 heterocycles. The monoisotopic (exact) mass is 217 g/mol. The molecule has 3 heteroatoms. The van der Waals surface area contributed by atoms with E-state index >= 15 is 0 Å². The number of hydrogen-bond acceptors (Lipinski definition) is 2. The van der Waals surface area contributed by atoms with Crippen molar-refractivity contribution in [1.82, 2.24) is 4.90 Å². The Morgan fingerprint density at radius 1 is 1.25 bits per heavy atom. The maximum Gasteiger partial charge on any atom is 0.411 e. The van der Waals surface area contributed by atoms with Crippen molar-refractivity contribution in [2.75, 3.05) is 0 Å². The molecule has 3 nitrogen and oxygen atoms in total. The van der Waals surface area contributed by atoms with Crippen molar-refractivity contribution in [3.05, 3.63) is 35.9 Å². The molecule has 2 aliphatic heterocycles. The van der Waals surface area contributed by atoms with E-state index in [0.717, 1.165) is 18.4 Å². The summed E-state index contributed by atoms with van der Waals surface area (Å²) in [5.74, 6) is 0. The van der Waals surface area contributed by atoms with Gasteiger partial charge >= 0.3 is 6.09 Å². The van der Waals surface area contributed by atoms with E-state index in [1.807, 2.05) is 35.2 Å². The molecule has 2 aliphatic rings. The average Bonchev–Trinajstić information content (AvgIpc) is 2.83. The first kappa shape index (κ1) is 9.70. The number of fused-ring (bicyclic) bond motifs is 1. The first-order valence-corrected chi connectivity index (χ1v) is 5.81. The standard InChI is InChI=1S/C13H15NO2/c1-9-7-8-11-12(16-13(15)14(9)11)10-5-3-2-4-6-10/h2-6,9,11-12H,7-8H2,1H3. The normalized spacial score (nSPS) is 32.7. The summed E-state index contributed by atoms with van der Waals surface area (Å²) < 4.78 is 5.47. The molecule has 0 saturated carbocycles. The number of hydrogen-bond donors (Lipinski definition) is 0. The summed E-state index contributed by atoms with van der Waals surface area (Å²) in [7, 11) is 0. The van der Waals surface area contributed by atoms with E-state index in [1.54, 1.807) is 0 Å². The van der Waals surface area contributed by atoms with Crippen LogP contribution in [0.1, 0.15) is 31.4 Å². The Morgan fingerprint density at radius 3 is 2.75 bits per heavy atom. The first-order valence-electron chi connectivity index (χ1n) is 5.81. The number of rotatable bonds is 1. The summed E-state index contributed by atoms with van der Waals surface area (Å²) in [6.45, 7) is 2.09. The van der Waals surface area contributed by atoms with Crippen LogP contribution in [0.5, 0.6) is 0 Å². The van der Waals surface area contributed by atoms with Gasteiger partial charge in [-0.2, -0.15) is 0 Å². The van der Waals surface area contributed by atoms with Crippen LogP contribution in [0.25, 0.3) is 0 Å². The number of benzene rings is 1. The number of nitrogens with zero attached hydrogens (tertiary/aromatic N) is 1. The summed E-state index contributed by atoms with van der Waals surface area (Å²) in [4.78, 5) is 13.7. The van der Waals surface area contributed by atoms with Crippen molar-refractivity contribution >= 4 is 6.09 Å². The van der Waals surface area contributed by atoms with Crippen LogP contribution in [0.4, 0.5) is 4.79 Å². The second kappa shape index (κ2) is 3.51. The zero-order valence-corrected chi connectivity index (χ0v) is 9.30. The van der Waals surface area contributed by atoms with Crippen molar-refractivity contribution in [3.8, 4) is 0 Å². The molecular formula is C13H15NO2. The van der Waals surface area contributed by atoms with Gasteiger partial charge in [-0.1, -0.05) is 30.3 Å². The van der Waals surface area contributed by atoms with Gasteiger partial charge in [-0.3, -0.25) is 4.90 Å². The quantitative estimate of drug-likeness (QED) is 0.723. The van der Waals surface area contributed by atoms with Gasteiger partial charge in [0.15, 0.2) is 0 Å². The van der Waals surface area contributed by atoms with E-state index in [0.29, 0.717) is 6.04 Å². The molecule has 1 amide bonds. The van der Waals surface area contributed by atoms with Gasteiger partial charge in [0.2, 0.25) is 0 Å². The number of cyclic esters (lactones) is 1. The molecule has 0 spiro atoms. The Kier molecular flexibility index (Phi) is 2.13. The van der Waals surface area contributed by atoms with Gasteiger partial charge in [0.1, 0.15) is 6.10 Å². The van der Waals surface area contributed by atoms with E-state index < -0.39 is 0 Å². The fourth-order valence-corrected chi connectivity index (χ4v) is 2.81. The summed E-state index contributed by atoms with van der Waals surface area (Å²) >= 11 is 0. The lowest BCUT2D eigenvalue weighted by atomic mass is 10.0. The van der Waals surface area contributed by atoms with Crippen LogP contribution in [-0.4, -0.2) is 23.1 Å². The molecule has 2 fully saturated rings. The first-order chi connectivity index (χ1) is 7.77. The molecule has 0 radical (unpaired) electrons. The minimum absolute atomic E-state index is 0.0707. The maximum atomic E-state index is 11.8. The van der Waals surface area contributed by atoms with Crippen molar-refractivity contribution in [2.24, 2.45) is 0 Å². The molecular weight excluding hydrogens is 202 g/mol. The van der Waals surface area contributed by atoms with Crippen LogP contribution < -0.4 is 0 Å². The smallest absolute Gasteiger partial charge is 0.411 e. The highest BCUT2D eigenvalue weighted by Crippen LogP contribution is 2.41. The van der Waals surface area contributed by atoms with Crippen LogP contribution in [0.3, 0.4) is 0 Å². The summed E-state index contributed by atoms with van der Waals surface area (Å²) in [5.41, 5.74) is 1.11. The lowest BCUT2D eigenvalue weighted by Crippen LogP contribution is -2.33. The van der Waals surface area contributed by atoms with Crippen LogP contribution in [0, 0.1) is 0 Å². The molecule has 0 bridgehead atoms. The largest absolute Gasteiger partial charge is 0.439 e. The third kappa shape index (κ3) is 1.31. The number of ether oxygens (including phenoxy) is 1. The van der Waals surface area contributed by atoms with Crippen LogP contribution in [0.15, 0.2) is 30.3 Å². The molecule has 0 aliphatic carbocycles. The zero-order chi connectivity index (χ0) is 11.1. The minimum atomic E-state index is -0.149. The number of carbonyl (C=O) groups is 1. The van der Waals surface area contributed by atoms with E-state index in [9.17, 15) is 4.79 Å². The molecule has 84 valence electrons. The molecule has 3 unspecified atom stereocenters. The fraction of sp³-hybridized carbons (Fsp3) is 0.462. The topological polar surface area (TPSA) is 29.5 Å². The SMILES string of the molecule is CC1CCC2C(c3ccccc3)OC(=O)N12. The van der Waals surface area contributed by atoms with Crippen molar-refractivity contribution in [3.63, 3.8) is 0 Å². The summed E-state index contributed by atoms with van der Waals surface area (Å²) in [6.07, 6.45) is 1.91. The third-order valence-corrected chi connectivity index (χ3v) is 3.63. The molecule has 1 aromatic carbocycles. The molecule has 1 aromatic rings. The van der Waals surface area contributed by atoms with E-state index in [-0.39, 0.29) is 18.2 Å². The Bertz CT molecular complexity index is 404. The molecule has 0 N–H and O–H groups in total. The van der Waals surface area contributed by atoms with E-state index in [4.69, 9.17) is 4.74 Å². The maximum absolute atomic E-state index is 11.8. The predicted octanol–water partition coefficient (Wildman–Crippen LogP) is 2.73. The Hall–Kier alpha value is -1.51. The van der Waals surface area contributed by atoms with Gasteiger partial charge in [-0.05, 0) is 25.3 Å². The molecule has 3 rings (SSSR count). The number of carbonyl (C=O) groups excluding carboxylic acids is 1. The molecule has 3 atom stereocenters. The average molecular weight is 217 g/mol. The highest BCUT2D eigenvalue weighted by atomic mass is 16.6. The van der Waals surface area contributed by atoms with Gasteiger partial charge in [0.25, 0.3) is 0 Å². The predicted molar refractivity (Wildman–Crippen MR) is 60.0 cm³/mol. The van der Waals surface area contributed by atoms with Crippen LogP contribution >= 0.6 is 0 Å². The van der Waals surface area contributed by atoms with Gasteiger partial charge in [-0.25, -0.2) is 4.79 Å². The second-order valence-electron chi connectivity index (χ2n) is 4.62. The Morgan fingerprint density at radius 2 is 2.00 bits per heavy atom. The summed E-state index contributed by atoms with van der Waals surface area (Å²) in [6, 6.07) is 10.6. The van der Waals surface area contributed by atoms with Crippen LogP contribution in [0.2, 0.25) is 0 Å². The Labute approximate surface area is 95.0 Å². The molecule has 0 aromatic heterocycles.